The largest absolute Gasteiger partial charge is 0.497 e. The number of aryl methyl sites for hydroxylation is 1. The Bertz CT molecular complexity index is 1390. The molecule has 0 aliphatic carbocycles. The van der Waals surface area contributed by atoms with E-state index in [0.717, 1.165) is 27.6 Å². The lowest BCUT2D eigenvalue weighted by atomic mass is 10.1. The average Bonchev–Trinajstić information content (AvgIpc) is 2.91. The van der Waals surface area contributed by atoms with Crippen LogP contribution in [0, 0.1) is 12.7 Å². The van der Waals surface area contributed by atoms with E-state index in [1.54, 1.807) is 6.92 Å². The van der Waals surface area contributed by atoms with Crippen LogP contribution >= 0.6 is 0 Å². The van der Waals surface area contributed by atoms with Gasteiger partial charge in [-0.15, -0.1) is 0 Å². The molecule has 0 fully saturated rings. The van der Waals surface area contributed by atoms with Gasteiger partial charge in [-0.05, 0) is 87.4 Å². The highest BCUT2D eigenvalue weighted by molar-refractivity contribution is 7.92. The minimum atomic E-state index is -4.26. The molecule has 2 amide bonds. The number of anilines is 1. The Labute approximate surface area is 229 Å². The standard InChI is InChI=1S/C29H34FN3O5S/c1-20(2)31-29(35)22(4)32(18-23-9-7-6-8-21(23)3)28(34)19-33(25-12-10-24(30)11-13-25)39(36,37)27-16-14-26(38-5)15-17-27/h6-17,20,22H,18-19H2,1-5H3,(H,31,35). The van der Waals surface area contributed by atoms with E-state index in [1.807, 2.05) is 45.0 Å². The minimum Gasteiger partial charge on any atom is -0.497 e. The Kier molecular flexibility index (Phi) is 9.69. The number of nitrogens with one attached hydrogen (secondary N) is 1. The molecule has 8 nitrogen and oxygen atoms in total. The van der Waals surface area contributed by atoms with Crippen molar-refractivity contribution in [2.24, 2.45) is 0 Å². The maximum absolute atomic E-state index is 13.9. The Hall–Kier alpha value is -3.92. The van der Waals surface area contributed by atoms with E-state index in [9.17, 15) is 22.4 Å². The van der Waals surface area contributed by atoms with Crippen molar-refractivity contribution in [2.75, 3.05) is 18.0 Å². The summed E-state index contributed by atoms with van der Waals surface area (Å²) >= 11 is 0. The first kappa shape index (κ1) is 29.6. The van der Waals surface area contributed by atoms with Gasteiger partial charge in [0.25, 0.3) is 10.0 Å². The zero-order chi connectivity index (χ0) is 28.7. The first-order valence-electron chi connectivity index (χ1n) is 12.5. The number of carbonyl (C=O) groups is 2. The number of rotatable bonds is 11. The highest BCUT2D eigenvalue weighted by Crippen LogP contribution is 2.26. The van der Waals surface area contributed by atoms with Gasteiger partial charge in [0.2, 0.25) is 11.8 Å². The van der Waals surface area contributed by atoms with Crippen LogP contribution in [-0.2, 0) is 26.2 Å². The van der Waals surface area contributed by atoms with E-state index in [2.05, 4.69) is 5.32 Å². The summed E-state index contributed by atoms with van der Waals surface area (Å²) in [4.78, 5) is 28.1. The quantitative estimate of drug-likeness (QED) is 0.381. The maximum atomic E-state index is 13.9. The van der Waals surface area contributed by atoms with E-state index >= 15 is 0 Å². The zero-order valence-electron chi connectivity index (χ0n) is 22.7. The summed E-state index contributed by atoms with van der Waals surface area (Å²) in [5.74, 6) is -1.04. The summed E-state index contributed by atoms with van der Waals surface area (Å²) in [7, 11) is -2.79. The van der Waals surface area contributed by atoms with E-state index in [4.69, 9.17) is 4.74 Å². The van der Waals surface area contributed by atoms with Crippen molar-refractivity contribution in [1.82, 2.24) is 10.2 Å². The minimum absolute atomic E-state index is 0.0727. The second-order valence-corrected chi connectivity index (χ2v) is 11.3. The van der Waals surface area contributed by atoms with Crippen LogP contribution in [0.15, 0.2) is 77.7 Å². The Morgan fingerprint density at radius 3 is 2.13 bits per heavy atom. The molecule has 0 heterocycles. The van der Waals surface area contributed by atoms with Gasteiger partial charge in [0.1, 0.15) is 24.2 Å². The van der Waals surface area contributed by atoms with E-state index in [0.29, 0.717) is 5.75 Å². The first-order chi connectivity index (χ1) is 18.4. The van der Waals surface area contributed by atoms with E-state index in [-0.39, 0.29) is 29.1 Å². The van der Waals surface area contributed by atoms with Gasteiger partial charge in [-0.1, -0.05) is 24.3 Å². The number of carbonyl (C=O) groups excluding carboxylic acids is 2. The molecule has 3 aromatic rings. The van der Waals surface area contributed by atoms with Gasteiger partial charge < -0.3 is 15.0 Å². The Morgan fingerprint density at radius 2 is 1.56 bits per heavy atom. The fraction of sp³-hybridized carbons (Fsp3) is 0.310. The normalized spacial score (nSPS) is 12.1. The third-order valence-corrected chi connectivity index (χ3v) is 8.03. The molecule has 3 aromatic carbocycles. The van der Waals surface area contributed by atoms with Crippen LogP contribution in [0.1, 0.15) is 31.9 Å². The second-order valence-electron chi connectivity index (χ2n) is 9.45. The van der Waals surface area contributed by atoms with Crippen LogP contribution in [0.2, 0.25) is 0 Å². The number of hydrogen-bond donors (Lipinski definition) is 1. The lowest BCUT2D eigenvalue weighted by Gasteiger charge is -2.32. The third kappa shape index (κ3) is 7.35. The molecule has 0 aliphatic rings. The van der Waals surface area contributed by atoms with Crippen LogP contribution in [0.5, 0.6) is 5.75 Å². The van der Waals surface area contributed by atoms with Gasteiger partial charge in [-0.3, -0.25) is 13.9 Å². The molecule has 39 heavy (non-hydrogen) atoms. The topological polar surface area (TPSA) is 96.0 Å². The van der Waals surface area contributed by atoms with Gasteiger partial charge >= 0.3 is 0 Å². The van der Waals surface area contributed by atoms with E-state index < -0.39 is 34.3 Å². The van der Waals surface area contributed by atoms with E-state index in [1.165, 1.54) is 48.4 Å². The predicted octanol–water partition coefficient (Wildman–Crippen LogP) is 4.28. The van der Waals surface area contributed by atoms with Gasteiger partial charge in [-0.2, -0.15) is 0 Å². The van der Waals surface area contributed by atoms with Crippen LogP contribution in [0.25, 0.3) is 0 Å². The van der Waals surface area contributed by atoms with Crippen LogP contribution < -0.4 is 14.4 Å². The van der Waals surface area contributed by atoms with Crippen molar-refractivity contribution in [1.29, 1.82) is 0 Å². The summed E-state index contributed by atoms with van der Waals surface area (Å²) in [5.41, 5.74) is 1.85. The molecule has 0 aromatic heterocycles. The number of ether oxygens (including phenoxy) is 1. The maximum Gasteiger partial charge on any atom is 0.264 e. The molecular formula is C29H34FN3O5S. The number of sulfonamides is 1. The molecule has 0 saturated carbocycles. The molecule has 1 unspecified atom stereocenters. The number of amides is 2. The molecular weight excluding hydrogens is 521 g/mol. The van der Waals surface area contributed by atoms with Crippen molar-refractivity contribution in [3.8, 4) is 5.75 Å². The third-order valence-electron chi connectivity index (χ3n) is 6.24. The molecule has 208 valence electrons. The zero-order valence-corrected chi connectivity index (χ0v) is 23.5. The second kappa shape index (κ2) is 12.8. The average molecular weight is 556 g/mol. The summed E-state index contributed by atoms with van der Waals surface area (Å²) in [5, 5.41) is 2.82. The van der Waals surface area contributed by atoms with Crippen molar-refractivity contribution in [3.05, 3.63) is 89.7 Å². The van der Waals surface area contributed by atoms with Crippen molar-refractivity contribution in [2.45, 2.75) is 51.2 Å². The lowest BCUT2D eigenvalue weighted by molar-refractivity contribution is -0.139. The van der Waals surface area contributed by atoms with Crippen LogP contribution in [0.3, 0.4) is 0 Å². The molecule has 1 N–H and O–H groups in total. The number of methoxy groups -OCH3 is 1. The number of benzene rings is 3. The molecule has 0 aliphatic heterocycles. The number of halogens is 1. The SMILES string of the molecule is COc1ccc(S(=O)(=O)N(CC(=O)N(Cc2ccccc2C)C(C)C(=O)NC(C)C)c2ccc(F)cc2)cc1. The molecule has 0 radical (unpaired) electrons. The summed E-state index contributed by atoms with van der Waals surface area (Å²) < 4.78 is 47.3. The monoisotopic (exact) mass is 555 g/mol. The molecule has 1 atom stereocenters. The summed E-state index contributed by atoms with van der Waals surface area (Å²) in [6, 6.07) is 17.0. The Balaban J connectivity index is 2.04. The number of hydrogen-bond acceptors (Lipinski definition) is 5. The molecule has 3 rings (SSSR count). The van der Waals surface area contributed by atoms with Gasteiger partial charge in [0, 0.05) is 12.6 Å². The first-order valence-corrected chi connectivity index (χ1v) is 13.9. The molecule has 0 bridgehead atoms. The highest BCUT2D eigenvalue weighted by atomic mass is 32.2. The fourth-order valence-electron chi connectivity index (χ4n) is 3.97. The molecule has 0 spiro atoms. The smallest absolute Gasteiger partial charge is 0.264 e. The summed E-state index contributed by atoms with van der Waals surface area (Å²) in [6.07, 6.45) is 0. The van der Waals surface area contributed by atoms with Crippen LogP contribution in [0.4, 0.5) is 10.1 Å². The van der Waals surface area contributed by atoms with Gasteiger partial charge in [0.15, 0.2) is 0 Å². The fourth-order valence-corrected chi connectivity index (χ4v) is 5.38. The van der Waals surface area contributed by atoms with Crippen molar-refractivity contribution >= 4 is 27.5 Å². The van der Waals surface area contributed by atoms with Crippen molar-refractivity contribution in [3.63, 3.8) is 0 Å². The molecule has 0 saturated heterocycles. The Morgan fingerprint density at radius 1 is 0.949 bits per heavy atom. The van der Waals surface area contributed by atoms with Crippen molar-refractivity contribution < 1.29 is 27.1 Å². The summed E-state index contributed by atoms with van der Waals surface area (Å²) in [6.45, 7) is 6.62. The molecule has 10 heteroatoms. The van der Waals surface area contributed by atoms with Crippen LogP contribution in [-0.4, -0.2) is 50.9 Å². The van der Waals surface area contributed by atoms with Gasteiger partial charge in [-0.25, -0.2) is 12.8 Å². The lowest BCUT2D eigenvalue weighted by Crippen LogP contribution is -2.52. The predicted molar refractivity (Wildman–Crippen MR) is 148 cm³/mol. The number of nitrogens with zero attached hydrogens (tertiary/aromatic N) is 2. The highest BCUT2D eigenvalue weighted by Gasteiger charge is 2.33. The van der Waals surface area contributed by atoms with Gasteiger partial charge in [0.05, 0.1) is 17.7 Å².